The molecule has 4 aromatic rings. The third kappa shape index (κ3) is 6.56. The highest BCUT2D eigenvalue weighted by molar-refractivity contribution is 7.23. The number of aliphatic hydroxyl groups excluding tert-OH is 1. The van der Waals surface area contributed by atoms with Gasteiger partial charge in [-0.25, -0.2) is 5.43 Å². The lowest BCUT2D eigenvalue weighted by molar-refractivity contribution is 0.0958. The molecular formula is C31H32N4O4S. The molecule has 1 aliphatic rings. The van der Waals surface area contributed by atoms with Gasteiger partial charge < -0.3 is 15.2 Å². The zero-order valence-electron chi connectivity index (χ0n) is 22.3. The molecule has 3 N–H and O–H groups in total. The summed E-state index contributed by atoms with van der Waals surface area (Å²) in [5, 5.41) is 17.7. The third-order valence-corrected chi connectivity index (χ3v) is 8.19. The van der Waals surface area contributed by atoms with Crippen LogP contribution in [0.5, 0.6) is 5.75 Å². The van der Waals surface area contributed by atoms with Crippen molar-refractivity contribution in [3.05, 3.63) is 95.1 Å². The SMILES string of the molecule is COc1ccc(/C=N/NC(=O)c2c(NC(=O)c3cccc(CN4CCC(CO)CC4)c3)sc3ccccc23)cc1. The first-order valence-electron chi connectivity index (χ1n) is 13.3. The number of thiophene rings is 1. The Morgan fingerprint density at radius 3 is 2.58 bits per heavy atom. The minimum Gasteiger partial charge on any atom is -0.497 e. The number of aliphatic hydroxyl groups is 1. The number of nitrogens with zero attached hydrogens (tertiary/aromatic N) is 2. The van der Waals surface area contributed by atoms with Gasteiger partial charge in [-0.05, 0) is 85.4 Å². The summed E-state index contributed by atoms with van der Waals surface area (Å²) in [6, 6.07) is 22.5. The summed E-state index contributed by atoms with van der Waals surface area (Å²) in [5.74, 6) is 0.439. The number of ether oxygens (including phenoxy) is 1. The van der Waals surface area contributed by atoms with Gasteiger partial charge in [-0.1, -0.05) is 30.3 Å². The lowest BCUT2D eigenvalue weighted by atomic mass is 9.97. The molecule has 1 saturated heterocycles. The average molecular weight is 557 g/mol. The quantitative estimate of drug-likeness (QED) is 0.196. The van der Waals surface area contributed by atoms with Gasteiger partial charge in [-0.2, -0.15) is 5.10 Å². The fourth-order valence-electron chi connectivity index (χ4n) is 4.84. The van der Waals surface area contributed by atoms with Gasteiger partial charge in [0.1, 0.15) is 10.8 Å². The lowest BCUT2D eigenvalue weighted by Crippen LogP contribution is -2.34. The predicted octanol–water partition coefficient (Wildman–Crippen LogP) is 5.13. The first kappa shape index (κ1) is 27.5. The van der Waals surface area contributed by atoms with Gasteiger partial charge in [0.15, 0.2) is 0 Å². The number of nitrogens with one attached hydrogen (secondary N) is 2. The van der Waals surface area contributed by atoms with Crippen molar-refractivity contribution in [3.8, 4) is 5.75 Å². The number of rotatable bonds is 9. The summed E-state index contributed by atoms with van der Waals surface area (Å²) < 4.78 is 6.06. The molecule has 0 unspecified atom stereocenters. The van der Waals surface area contributed by atoms with E-state index in [1.54, 1.807) is 19.4 Å². The molecule has 0 spiro atoms. The molecule has 1 aliphatic heterocycles. The number of anilines is 1. The van der Waals surface area contributed by atoms with Gasteiger partial charge >= 0.3 is 0 Å². The zero-order valence-corrected chi connectivity index (χ0v) is 23.1. The van der Waals surface area contributed by atoms with Crippen LogP contribution in [0.3, 0.4) is 0 Å². The molecule has 40 heavy (non-hydrogen) atoms. The van der Waals surface area contributed by atoms with Crippen molar-refractivity contribution in [2.75, 3.05) is 32.1 Å². The number of carbonyl (C=O) groups is 2. The van der Waals surface area contributed by atoms with Gasteiger partial charge in [-0.3, -0.25) is 14.5 Å². The average Bonchev–Trinajstić information content (AvgIpc) is 3.36. The van der Waals surface area contributed by atoms with E-state index in [1.807, 2.05) is 66.7 Å². The maximum atomic E-state index is 13.3. The first-order valence-corrected chi connectivity index (χ1v) is 14.1. The van der Waals surface area contributed by atoms with Crippen molar-refractivity contribution in [1.29, 1.82) is 0 Å². The summed E-state index contributed by atoms with van der Waals surface area (Å²) in [6.45, 7) is 2.87. The molecular weight excluding hydrogens is 524 g/mol. The van der Waals surface area contributed by atoms with Gasteiger partial charge in [0.2, 0.25) is 0 Å². The fraction of sp³-hybridized carbons (Fsp3) is 0.258. The van der Waals surface area contributed by atoms with Gasteiger partial charge in [0.25, 0.3) is 11.8 Å². The van der Waals surface area contributed by atoms with Gasteiger partial charge in [-0.15, -0.1) is 11.3 Å². The topological polar surface area (TPSA) is 103 Å². The monoisotopic (exact) mass is 556 g/mol. The minimum absolute atomic E-state index is 0.246. The largest absolute Gasteiger partial charge is 0.497 e. The molecule has 9 heteroatoms. The summed E-state index contributed by atoms with van der Waals surface area (Å²) in [4.78, 5) is 28.9. The second-order valence-corrected chi connectivity index (χ2v) is 10.9. The van der Waals surface area contributed by atoms with Gasteiger partial charge in [0, 0.05) is 28.8 Å². The number of carbonyl (C=O) groups excluding carboxylic acids is 2. The maximum absolute atomic E-state index is 13.3. The van der Waals surface area contributed by atoms with E-state index in [1.165, 1.54) is 11.3 Å². The smallest absolute Gasteiger partial charge is 0.275 e. The maximum Gasteiger partial charge on any atom is 0.275 e. The van der Waals surface area contributed by atoms with Crippen LogP contribution < -0.4 is 15.5 Å². The number of hydrogen-bond acceptors (Lipinski definition) is 7. The van der Waals surface area contributed by atoms with E-state index in [-0.39, 0.29) is 12.5 Å². The first-order chi connectivity index (χ1) is 19.5. The summed E-state index contributed by atoms with van der Waals surface area (Å²) in [6.07, 6.45) is 3.52. The molecule has 2 amide bonds. The van der Waals surface area contributed by atoms with E-state index >= 15 is 0 Å². The molecule has 0 saturated carbocycles. The van der Waals surface area contributed by atoms with E-state index in [4.69, 9.17) is 4.74 Å². The highest BCUT2D eigenvalue weighted by Gasteiger charge is 2.22. The molecule has 0 aliphatic carbocycles. The van der Waals surface area contributed by atoms with E-state index in [9.17, 15) is 14.7 Å². The highest BCUT2D eigenvalue weighted by atomic mass is 32.1. The Bertz CT molecular complexity index is 1510. The molecule has 0 atom stereocenters. The van der Waals surface area contributed by atoms with Crippen molar-refractivity contribution in [3.63, 3.8) is 0 Å². The zero-order chi connectivity index (χ0) is 27.9. The molecule has 0 radical (unpaired) electrons. The van der Waals surface area contributed by atoms with Crippen LogP contribution in [0.4, 0.5) is 5.00 Å². The fourth-order valence-corrected chi connectivity index (χ4v) is 5.94. The van der Waals surface area contributed by atoms with Crippen LogP contribution in [0.15, 0.2) is 77.9 Å². The van der Waals surface area contributed by atoms with Crippen molar-refractivity contribution in [2.24, 2.45) is 11.0 Å². The van der Waals surface area contributed by atoms with Crippen LogP contribution in [-0.2, 0) is 6.54 Å². The van der Waals surface area contributed by atoms with Crippen molar-refractivity contribution < 1.29 is 19.4 Å². The molecule has 0 bridgehead atoms. The van der Waals surface area contributed by atoms with Crippen LogP contribution in [0.2, 0.25) is 0 Å². The number of amides is 2. The number of hydrazone groups is 1. The number of fused-ring (bicyclic) bond motifs is 1. The van der Waals surface area contributed by atoms with Crippen LogP contribution in [0, 0.1) is 5.92 Å². The van der Waals surface area contributed by atoms with Crippen molar-refractivity contribution in [1.82, 2.24) is 10.3 Å². The predicted molar refractivity (Wildman–Crippen MR) is 159 cm³/mol. The Labute approximate surface area is 237 Å². The van der Waals surface area contributed by atoms with E-state index in [0.717, 1.165) is 59.4 Å². The highest BCUT2D eigenvalue weighted by Crippen LogP contribution is 2.36. The second-order valence-electron chi connectivity index (χ2n) is 9.83. The van der Waals surface area contributed by atoms with E-state index in [2.05, 4.69) is 20.7 Å². The molecule has 1 aromatic heterocycles. The summed E-state index contributed by atoms with van der Waals surface area (Å²) in [7, 11) is 1.60. The van der Waals surface area contributed by atoms with Crippen LogP contribution in [0.25, 0.3) is 10.1 Å². The van der Waals surface area contributed by atoms with Crippen LogP contribution >= 0.6 is 11.3 Å². The number of benzene rings is 3. The summed E-state index contributed by atoms with van der Waals surface area (Å²) in [5.41, 5.74) is 5.37. The Hall–Kier alpha value is -4.05. The number of likely N-dealkylation sites (tertiary alicyclic amines) is 1. The van der Waals surface area contributed by atoms with E-state index in [0.29, 0.717) is 22.0 Å². The van der Waals surface area contributed by atoms with Crippen molar-refractivity contribution in [2.45, 2.75) is 19.4 Å². The van der Waals surface area contributed by atoms with E-state index < -0.39 is 5.91 Å². The molecule has 1 fully saturated rings. The second kappa shape index (κ2) is 12.9. The molecule has 2 heterocycles. The van der Waals surface area contributed by atoms with Crippen LogP contribution in [-0.4, -0.2) is 54.8 Å². The number of methoxy groups -OCH3 is 1. The Balaban J connectivity index is 1.30. The Morgan fingerprint density at radius 1 is 1.05 bits per heavy atom. The lowest BCUT2D eigenvalue weighted by Gasteiger charge is -2.31. The molecule has 206 valence electrons. The van der Waals surface area contributed by atoms with Gasteiger partial charge in [0.05, 0.1) is 18.9 Å². The van der Waals surface area contributed by atoms with Crippen molar-refractivity contribution >= 4 is 44.5 Å². The molecule has 8 nitrogen and oxygen atoms in total. The Kier molecular flexibility index (Phi) is 8.85. The number of piperidine rings is 1. The molecule has 3 aromatic carbocycles. The Morgan fingerprint density at radius 2 is 1.82 bits per heavy atom. The molecule has 5 rings (SSSR count). The summed E-state index contributed by atoms with van der Waals surface area (Å²) >= 11 is 1.36. The number of hydrogen-bond donors (Lipinski definition) is 3. The van der Waals surface area contributed by atoms with Crippen LogP contribution in [0.1, 0.15) is 44.7 Å². The normalized spacial score (nSPS) is 14.4. The third-order valence-electron chi connectivity index (χ3n) is 7.11. The minimum atomic E-state index is -0.405. The standard InChI is InChI=1S/C31H32N4O4S/c1-39-25-11-9-21(10-12-25)18-32-34-30(38)28-26-7-2-3-8-27(26)40-31(28)33-29(37)24-6-4-5-23(17-24)19-35-15-13-22(20-36)14-16-35/h2-12,17-18,22,36H,13-16,19-20H2,1H3,(H,33,37)(H,34,38)/b32-18+.